The molecular weight excluding hydrogens is 400 g/mol. The maximum atomic E-state index is 12.8. The van der Waals surface area contributed by atoms with Crippen LogP contribution in [0.25, 0.3) is 5.52 Å². The van der Waals surface area contributed by atoms with E-state index in [2.05, 4.69) is 35.6 Å². The lowest BCUT2D eigenvalue weighted by Gasteiger charge is -2.35. The van der Waals surface area contributed by atoms with Crippen molar-refractivity contribution < 1.29 is 9.90 Å². The number of thiazole rings is 1. The normalized spacial score (nSPS) is 21.3. The zero-order valence-electron chi connectivity index (χ0n) is 17.0. The molecule has 158 valence electrons. The maximum absolute atomic E-state index is 12.8. The fourth-order valence-corrected chi connectivity index (χ4v) is 5.08. The average molecular weight is 427 g/mol. The van der Waals surface area contributed by atoms with Gasteiger partial charge in [-0.05, 0) is 38.3 Å². The number of carbonyl (C=O) groups excluding carboxylic acids is 1. The van der Waals surface area contributed by atoms with Crippen molar-refractivity contribution in [2.45, 2.75) is 37.8 Å². The van der Waals surface area contributed by atoms with Crippen LogP contribution in [0.15, 0.2) is 36.1 Å². The van der Waals surface area contributed by atoms with E-state index in [0.717, 1.165) is 49.1 Å². The molecule has 30 heavy (non-hydrogen) atoms. The molecule has 0 spiro atoms. The van der Waals surface area contributed by atoms with Crippen molar-refractivity contribution in [3.05, 3.63) is 41.8 Å². The molecule has 1 atom stereocenters. The van der Waals surface area contributed by atoms with Crippen molar-refractivity contribution in [2.75, 3.05) is 36.0 Å². The van der Waals surface area contributed by atoms with E-state index in [1.807, 2.05) is 37.0 Å². The number of aliphatic hydroxyl groups is 1. The predicted octanol–water partition coefficient (Wildman–Crippen LogP) is 2.15. The number of hydrogen-bond donors (Lipinski definition) is 2. The lowest BCUT2D eigenvalue weighted by molar-refractivity contribution is 0.0351. The Morgan fingerprint density at radius 2 is 2.10 bits per heavy atom. The smallest absolute Gasteiger partial charge is 0.271 e. The summed E-state index contributed by atoms with van der Waals surface area (Å²) in [5.74, 6) is 0.832. The van der Waals surface area contributed by atoms with Gasteiger partial charge < -0.3 is 24.6 Å². The highest BCUT2D eigenvalue weighted by molar-refractivity contribution is 7.13. The van der Waals surface area contributed by atoms with Gasteiger partial charge >= 0.3 is 0 Å². The number of fused-ring (bicyclic) bond motifs is 1. The molecule has 0 saturated carbocycles. The van der Waals surface area contributed by atoms with Crippen LogP contribution in [-0.4, -0.2) is 63.2 Å². The highest BCUT2D eigenvalue weighted by Crippen LogP contribution is 2.28. The van der Waals surface area contributed by atoms with Crippen molar-refractivity contribution in [3.63, 3.8) is 0 Å². The van der Waals surface area contributed by atoms with Gasteiger partial charge in [-0.2, -0.15) is 0 Å². The summed E-state index contributed by atoms with van der Waals surface area (Å²) in [5, 5.41) is 15.9. The van der Waals surface area contributed by atoms with E-state index in [9.17, 15) is 9.90 Å². The molecule has 2 saturated heterocycles. The molecule has 1 amide bonds. The molecule has 0 aliphatic carbocycles. The number of hydrogen-bond acceptors (Lipinski definition) is 7. The van der Waals surface area contributed by atoms with E-state index in [1.54, 1.807) is 0 Å². The van der Waals surface area contributed by atoms with E-state index < -0.39 is 5.60 Å². The minimum absolute atomic E-state index is 0.0738. The van der Waals surface area contributed by atoms with Gasteiger partial charge in [0.05, 0.1) is 11.1 Å². The molecule has 3 aromatic heterocycles. The Morgan fingerprint density at radius 3 is 2.93 bits per heavy atom. The zero-order valence-corrected chi connectivity index (χ0v) is 17.8. The lowest BCUT2D eigenvalue weighted by atomic mass is 9.94. The Bertz CT molecular complexity index is 1050. The Kier molecular flexibility index (Phi) is 4.86. The zero-order chi connectivity index (χ0) is 20.7. The van der Waals surface area contributed by atoms with Crippen molar-refractivity contribution in [3.8, 4) is 0 Å². The van der Waals surface area contributed by atoms with Gasteiger partial charge in [0.1, 0.15) is 5.69 Å². The summed E-state index contributed by atoms with van der Waals surface area (Å²) in [6.07, 6.45) is 8.08. The third-order valence-corrected chi connectivity index (χ3v) is 6.99. The highest BCUT2D eigenvalue weighted by Gasteiger charge is 2.30. The fraction of sp³-hybridized carbons (Fsp3) is 0.476. The van der Waals surface area contributed by atoms with Crippen LogP contribution in [0.4, 0.5) is 10.9 Å². The van der Waals surface area contributed by atoms with Crippen molar-refractivity contribution in [1.29, 1.82) is 0 Å². The van der Waals surface area contributed by atoms with E-state index >= 15 is 0 Å². The summed E-state index contributed by atoms with van der Waals surface area (Å²) in [6.45, 7) is 5.00. The Hall–Kier alpha value is -2.65. The Balaban J connectivity index is 1.21. The second-order valence-corrected chi connectivity index (χ2v) is 9.29. The van der Waals surface area contributed by atoms with Gasteiger partial charge in [-0.25, -0.2) is 9.97 Å². The van der Waals surface area contributed by atoms with Gasteiger partial charge in [-0.15, -0.1) is 11.3 Å². The topological polar surface area (TPSA) is 86.0 Å². The van der Waals surface area contributed by atoms with Gasteiger partial charge in [0.15, 0.2) is 10.9 Å². The van der Waals surface area contributed by atoms with E-state index in [4.69, 9.17) is 0 Å². The minimum Gasteiger partial charge on any atom is -0.390 e. The third kappa shape index (κ3) is 3.75. The molecule has 2 fully saturated rings. The van der Waals surface area contributed by atoms with Gasteiger partial charge in [0.2, 0.25) is 0 Å². The number of nitrogens with one attached hydrogen (secondary N) is 1. The molecular formula is C21H26N6O2S. The van der Waals surface area contributed by atoms with Crippen LogP contribution in [-0.2, 0) is 0 Å². The number of rotatable bonds is 4. The third-order valence-electron chi connectivity index (χ3n) is 6.09. The summed E-state index contributed by atoms with van der Waals surface area (Å²) in [6, 6.07) is 4.15. The summed E-state index contributed by atoms with van der Waals surface area (Å²) in [7, 11) is 0. The second-order valence-electron chi connectivity index (χ2n) is 8.46. The van der Waals surface area contributed by atoms with Crippen LogP contribution in [0.2, 0.25) is 0 Å². The molecule has 2 N–H and O–H groups in total. The summed E-state index contributed by atoms with van der Waals surface area (Å²) in [5.41, 5.74) is 0.953. The van der Waals surface area contributed by atoms with Crippen LogP contribution in [0.1, 0.15) is 36.7 Å². The molecule has 0 aromatic carbocycles. The SMILES string of the molecule is CC1(O)CCN(c2nc(C(=O)N[C@H]3CCN(c4nccn5cccc45)C3)cs2)CC1. The van der Waals surface area contributed by atoms with Gasteiger partial charge in [0.25, 0.3) is 5.91 Å². The van der Waals surface area contributed by atoms with Crippen LogP contribution >= 0.6 is 11.3 Å². The minimum atomic E-state index is -0.595. The van der Waals surface area contributed by atoms with E-state index in [1.165, 1.54) is 11.3 Å². The second kappa shape index (κ2) is 7.55. The number of amides is 1. The number of piperidine rings is 1. The van der Waals surface area contributed by atoms with E-state index in [0.29, 0.717) is 18.5 Å². The van der Waals surface area contributed by atoms with Crippen LogP contribution < -0.4 is 15.1 Å². The summed E-state index contributed by atoms with van der Waals surface area (Å²) < 4.78 is 2.06. The van der Waals surface area contributed by atoms with Crippen molar-refractivity contribution >= 4 is 33.7 Å². The first-order valence-electron chi connectivity index (χ1n) is 10.4. The lowest BCUT2D eigenvalue weighted by Crippen LogP contribution is -2.42. The molecule has 0 bridgehead atoms. The number of anilines is 2. The molecule has 2 aliphatic rings. The van der Waals surface area contributed by atoms with Crippen molar-refractivity contribution in [2.24, 2.45) is 0 Å². The molecule has 8 nitrogen and oxygen atoms in total. The highest BCUT2D eigenvalue weighted by atomic mass is 32.1. The van der Waals surface area contributed by atoms with Crippen LogP contribution in [0.5, 0.6) is 0 Å². The average Bonchev–Trinajstić information content (AvgIpc) is 3.48. The molecule has 0 unspecified atom stereocenters. The predicted molar refractivity (Wildman–Crippen MR) is 117 cm³/mol. The van der Waals surface area contributed by atoms with Gasteiger partial charge in [-0.1, -0.05) is 0 Å². The number of carbonyl (C=O) groups is 1. The number of aromatic nitrogens is 3. The van der Waals surface area contributed by atoms with Crippen molar-refractivity contribution in [1.82, 2.24) is 19.7 Å². The molecule has 5 rings (SSSR count). The monoisotopic (exact) mass is 426 g/mol. The van der Waals surface area contributed by atoms with Gasteiger partial charge in [0, 0.05) is 56.2 Å². The van der Waals surface area contributed by atoms with Crippen LogP contribution in [0, 0.1) is 0 Å². The first kappa shape index (κ1) is 19.3. The summed E-state index contributed by atoms with van der Waals surface area (Å²) in [4.78, 5) is 26.2. The first-order valence-corrected chi connectivity index (χ1v) is 11.3. The Labute approximate surface area is 179 Å². The first-order chi connectivity index (χ1) is 14.5. The van der Waals surface area contributed by atoms with E-state index in [-0.39, 0.29) is 11.9 Å². The number of nitrogens with zero attached hydrogens (tertiary/aromatic N) is 5. The molecule has 5 heterocycles. The maximum Gasteiger partial charge on any atom is 0.271 e. The standard InChI is InChI=1S/C21H26N6O2S/c1-21(29)5-10-26(11-6-21)20-24-16(14-30-20)19(28)23-15-4-9-27(13-15)18-17-3-2-8-25(17)12-7-22-18/h2-3,7-8,12,14-15,29H,4-6,9-11,13H2,1H3,(H,23,28)/t15-/m0/s1. The molecule has 3 aromatic rings. The fourth-order valence-electron chi connectivity index (χ4n) is 4.22. The molecule has 2 aliphatic heterocycles. The Morgan fingerprint density at radius 1 is 1.27 bits per heavy atom. The quantitative estimate of drug-likeness (QED) is 0.665. The largest absolute Gasteiger partial charge is 0.390 e. The van der Waals surface area contributed by atoms with Gasteiger partial charge in [-0.3, -0.25) is 4.79 Å². The molecule has 0 radical (unpaired) electrons. The van der Waals surface area contributed by atoms with Crippen LogP contribution in [0.3, 0.4) is 0 Å². The molecule has 9 heteroatoms. The summed E-state index contributed by atoms with van der Waals surface area (Å²) >= 11 is 1.49.